The van der Waals surface area contributed by atoms with E-state index in [4.69, 9.17) is 0 Å². The van der Waals surface area contributed by atoms with Crippen LogP contribution in [0.2, 0.25) is 0 Å². The smallest absolute Gasteiger partial charge is 0.223 e. The molecule has 0 spiro atoms. The predicted octanol–water partition coefficient (Wildman–Crippen LogP) is 0.644. The van der Waals surface area contributed by atoms with E-state index in [0.717, 1.165) is 5.69 Å². The fraction of sp³-hybridized carbons (Fsp3) is 0.750. The Morgan fingerprint density at radius 1 is 1.44 bits per heavy atom. The van der Waals surface area contributed by atoms with E-state index >= 15 is 0 Å². The van der Waals surface area contributed by atoms with E-state index in [-0.39, 0.29) is 11.4 Å². The molecule has 6 heteroatoms. The van der Waals surface area contributed by atoms with Gasteiger partial charge in [-0.1, -0.05) is 5.21 Å². The number of aromatic nitrogens is 3. The van der Waals surface area contributed by atoms with Gasteiger partial charge in [0.25, 0.3) is 0 Å². The minimum Gasteiger partial charge on any atom is -0.349 e. The third-order valence-corrected chi connectivity index (χ3v) is 2.44. The number of carbonyl (C=O) groups excluding carboxylic acids is 1. The first-order valence-electron chi connectivity index (χ1n) is 6.12. The molecule has 1 N–H and O–H groups in total. The Labute approximate surface area is 108 Å². The lowest BCUT2D eigenvalue weighted by Gasteiger charge is -2.19. The highest BCUT2D eigenvalue weighted by Gasteiger charge is 2.10. The van der Waals surface area contributed by atoms with Gasteiger partial charge in [-0.3, -0.25) is 9.48 Å². The van der Waals surface area contributed by atoms with Crippen LogP contribution in [0.5, 0.6) is 0 Å². The van der Waals surface area contributed by atoms with Crippen LogP contribution >= 0.6 is 0 Å². The summed E-state index contributed by atoms with van der Waals surface area (Å²) in [6, 6.07) is 0. The lowest BCUT2D eigenvalue weighted by molar-refractivity contribution is -0.128. The molecule has 0 bridgehead atoms. The molecule has 0 unspecified atom stereocenters. The summed E-state index contributed by atoms with van der Waals surface area (Å²) in [5, 5.41) is 11.4. The van der Waals surface area contributed by atoms with Gasteiger partial charge in [-0.25, -0.2) is 0 Å². The number of hydrogen-bond acceptors (Lipinski definition) is 4. The van der Waals surface area contributed by atoms with Crippen molar-refractivity contribution < 1.29 is 4.79 Å². The summed E-state index contributed by atoms with van der Waals surface area (Å²) in [5.74, 6) is 0.0971. The molecule has 0 aliphatic rings. The van der Waals surface area contributed by atoms with Gasteiger partial charge in [0.2, 0.25) is 5.91 Å². The zero-order chi connectivity index (χ0) is 13.8. The van der Waals surface area contributed by atoms with Crippen molar-refractivity contribution in [3.63, 3.8) is 0 Å². The van der Waals surface area contributed by atoms with E-state index in [1.165, 1.54) is 0 Å². The summed E-state index contributed by atoms with van der Waals surface area (Å²) < 4.78 is 1.71. The summed E-state index contributed by atoms with van der Waals surface area (Å²) >= 11 is 0. The lowest BCUT2D eigenvalue weighted by atomic mass is 10.1. The van der Waals surface area contributed by atoms with E-state index in [9.17, 15) is 4.79 Å². The number of carbonyl (C=O) groups is 1. The average Bonchev–Trinajstić information content (AvgIpc) is 2.70. The molecule has 6 nitrogen and oxygen atoms in total. The highest BCUT2D eigenvalue weighted by molar-refractivity contribution is 5.75. The topological polar surface area (TPSA) is 63.1 Å². The standard InChI is InChI=1S/C12H23N5O/c1-12(2,3)13-8-10-9-17(15-14-10)7-6-11(18)16(4)5/h9,13H,6-8H2,1-5H3. The van der Waals surface area contributed by atoms with E-state index < -0.39 is 0 Å². The van der Waals surface area contributed by atoms with Gasteiger partial charge >= 0.3 is 0 Å². The maximum Gasteiger partial charge on any atom is 0.223 e. The number of rotatable bonds is 5. The molecule has 1 rings (SSSR count). The predicted molar refractivity (Wildman–Crippen MR) is 69.9 cm³/mol. The van der Waals surface area contributed by atoms with Gasteiger partial charge in [-0.15, -0.1) is 5.10 Å². The number of nitrogens with zero attached hydrogens (tertiary/aromatic N) is 4. The Morgan fingerprint density at radius 2 is 2.11 bits per heavy atom. The monoisotopic (exact) mass is 253 g/mol. The number of aryl methyl sites for hydroxylation is 1. The maximum absolute atomic E-state index is 11.4. The van der Waals surface area contributed by atoms with Crippen LogP contribution in [-0.4, -0.2) is 45.4 Å². The van der Waals surface area contributed by atoms with Crippen LogP contribution in [0, 0.1) is 0 Å². The summed E-state index contributed by atoms with van der Waals surface area (Å²) in [6.45, 7) is 7.57. The van der Waals surface area contributed by atoms with Gasteiger partial charge < -0.3 is 10.2 Å². The Hall–Kier alpha value is -1.43. The first kappa shape index (κ1) is 14.6. The molecular weight excluding hydrogens is 230 g/mol. The summed E-state index contributed by atoms with van der Waals surface area (Å²) in [6.07, 6.45) is 2.32. The van der Waals surface area contributed by atoms with Crippen molar-refractivity contribution in [2.75, 3.05) is 14.1 Å². The molecule has 1 heterocycles. The van der Waals surface area contributed by atoms with Crippen molar-refractivity contribution in [3.05, 3.63) is 11.9 Å². The highest BCUT2D eigenvalue weighted by atomic mass is 16.2. The second-order valence-corrected chi connectivity index (χ2v) is 5.61. The van der Waals surface area contributed by atoms with Gasteiger partial charge in [0.1, 0.15) is 0 Å². The van der Waals surface area contributed by atoms with Crippen LogP contribution < -0.4 is 5.32 Å². The molecule has 0 radical (unpaired) electrons. The summed E-state index contributed by atoms with van der Waals surface area (Å²) in [7, 11) is 3.50. The molecule has 0 aliphatic heterocycles. The third-order valence-electron chi connectivity index (χ3n) is 2.44. The zero-order valence-corrected chi connectivity index (χ0v) is 11.9. The molecule has 0 fully saturated rings. The van der Waals surface area contributed by atoms with Gasteiger partial charge in [-0.2, -0.15) is 0 Å². The molecule has 0 saturated heterocycles. The van der Waals surface area contributed by atoms with E-state index in [0.29, 0.717) is 19.5 Å². The Bertz CT molecular complexity index is 391. The quantitative estimate of drug-likeness (QED) is 0.836. The van der Waals surface area contributed by atoms with Crippen LogP contribution in [-0.2, 0) is 17.9 Å². The van der Waals surface area contributed by atoms with Crippen molar-refractivity contribution in [2.24, 2.45) is 0 Å². The van der Waals surface area contributed by atoms with Gasteiger partial charge in [0.05, 0.1) is 12.2 Å². The molecule has 0 aromatic carbocycles. The normalized spacial score (nSPS) is 11.6. The van der Waals surface area contributed by atoms with Gasteiger partial charge in [0, 0.05) is 38.8 Å². The van der Waals surface area contributed by atoms with Crippen LogP contribution in [0.25, 0.3) is 0 Å². The molecule has 1 aromatic heterocycles. The van der Waals surface area contributed by atoms with E-state index in [2.05, 4.69) is 36.4 Å². The Kier molecular flexibility index (Phi) is 4.84. The van der Waals surface area contributed by atoms with Crippen LogP contribution in [0.1, 0.15) is 32.9 Å². The fourth-order valence-electron chi connectivity index (χ4n) is 1.32. The van der Waals surface area contributed by atoms with Crippen molar-refractivity contribution in [3.8, 4) is 0 Å². The second-order valence-electron chi connectivity index (χ2n) is 5.61. The molecule has 18 heavy (non-hydrogen) atoms. The first-order chi connectivity index (χ1) is 8.28. The fourth-order valence-corrected chi connectivity index (χ4v) is 1.32. The van der Waals surface area contributed by atoms with Crippen molar-refractivity contribution in [2.45, 2.75) is 45.8 Å². The van der Waals surface area contributed by atoms with E-state index in [1.54, 1.807) is 23.7 Å². The Morgan fingerprint density at radius 3 is 2.67 bits per heavy atom. The largest absolute Gasteiger partial charge is 0.349 e. The number of hydrogen-bond donors (Lipinski definition) is 1. The third kappa shape index (κ3) is 5.27. The zero-order valence-electron chi connectivity index (χ0n) is 11.9. The minimum absolute atomic E-state index is 0.0602. The summed E-state index contributed by atoms with van der Waals surface area (Å²) in [5.41, 5.74) is 0.951. The van der Waals surface area contributed by atoms with Gasteiger partial charge in [0.15, 0.2) is 0 Å². The van der Waals surface area contributed by atoms with Crippen LogP contribution in [0.15, 0.2) is 6.20 Å². The van der Waals surface area contributed by atoms with Crippen molar-refractivity contribution >= 4 is 5.91 Å². The molecular formula is C12H23N5O. The average molecular weight is 253 g/mol. The first-order valence-corrected chi connectivity index (χ1v) is 6.12. The lowest BCUT2D eigenvalue weighted by Crippen LogP contribution is -2.35. The van der Waals surface area contributed by atoms with Gasteiger partial charge in [-0.05, 0) is 20.8 Å². The molecule has 1 amide bonds. The van der Waals surface area contributed by atoms with E-state index in [1.807, 2.05) is 6.20 Å². The molecule has 1 aromatic rings. The SMILES string of the molecule is CN(C)C(=O)CCn1cc(CNC(C)(C)C)nn1. The summed E-state index contributed by atoms with van der Waals surface area (Å²) in [4.78, 5) is 13.0. The van der Waals surface area contributed by atoms with Crippen LogP contribution in [0.4, 0.5) is 0 Å². The molecule has 0 atom stereocenters. The number of amides is 1. The van der Waals surface area contributed by atoms with Crippen molar-refractivity contribution in [1.29, 1.82) is 0 Å². The van der Waals surface area contributed by atoms with Crippen LogP contribution in [0.3, 0.4) is 0 Å². The molecule has 102 valence electrons. The second kappa shape index (κ2) is 5.95. The highest BCUT2D eigenvalue weighted by Crippen LogP contribution is 2.02. The molecule has 0 saturated carbocycles. The maximum atomic E-state index is 11.4. The van der Waals surface area contributed by atoms with Crippen molar-refractivity contribution in [1.82, 2.24) is 25.2 Å². The number of nitrogens with one attached hydrogen (secondary N) is 1. The Balaban J connectivity index is 2.41. The minimum atomic E-state index is 0.0602. The molecule has 0 aliphatic carbocycles.